The van der Waals surface area contributed by atoms with Crippen molar-refractivity contribution in [2.75, 3.05) is 38.0 Å². The van der Waals surface area contributed by atoms with Gasteiger partial charge in [0.05, 0.1) is 5.69 Å². The molecule has 0 heterocycles. The third-order valence-electron chi connectivity index (χ3n) is 5.53. The van der Waals surface area contributed by atoms with Gasteiger partial charge in [-0.2, -0.15) is 0 Å². The molecule has 0 aromatic heterocycles. The van der Waals surface area contributed by atoms with Crippen LogP contribution in [0.15, 0.2) is 91.0 Å². The van der Waals surface area contributed by atoms with Gasteiger partial charge in [-0.25, -0.2) is 0 Å². The molecule has 4 aromatic carbocycles. The van der Waals surface area contributed by atoms with Crippen molar-refractivity contribution in [2.24, 2.45) is 0 Å². The fourth-order valence-electron chi connectivity index (χ4n) is 4.29. The maximum Gasteiger partial charge on any atom is 0.0504 e. The lowest BCUT2D eigenvalue weighted by Gasteiger charge is -2.28. The highest BCUT2D eigenvalue weighted by Gasteiger charge is 2.23. The molecule has 146 valence electrons. The van der Waals surface area contributed by atoms with Crippen molar-refractivity contribution >= 4 is 22.1 Å². The minimum absolute atomic E-state index is 0.175. The molecule has 0 saturated heterocycles. The van der Waals surface area contributed by atoms with Crippen LogP contribution in [0.3, 0.4) is 0 Å². The average Bonchev–Trinajstić information content (AvgIpc) is 2.74. The van der Waals surface area contributed by atoms with Gasteiger partial charge in [-0.3, -0.25) is 0 Å². The second kappa shape index (κ2) is 8.00. The Morgan fingerprint density at radius 2 is 1.14 bits per heavy atom. The highest BCUT2D eigenvalue weighted by molar-refractivity contribution is 6.05. The molecule has 0 radical (unpaired) electrons. The molecule has 4 rings (SSSR count). The molecule has 0 spiro atoms. The van der Waals surface area contributed by atoms with Crippen LogP contribution < -0.4 is 9.80 Å². The van der Waals surface area contributed by atoms with Gasteiger partial charge in [0.25, 0.3) is 0 Å². The number of benzene rings is 4. The van der Waals surface area contributed by atoms with Crippen LogP contribution in [0.2, 0.25) is 0 Å². The van der Waals surface area contributed by atoms with E-state index in [4.69, 9.17) is 0 Å². The maximum atomic E-state index is 2.31. The summed E-state index contributed by atoms with van der Waals surface area (Å²) in [5.74, 6) is 0.175. The predicted octanol–water partition coefficient (Wildman–Crippen LogP) is 6.15. The van der Waals surface area contributed by atoms with Crippen molar-refractivity contribution in [2.45, 2.75) is 5.92 Å². The van der Waals surface area contributed by atoms with Gasteiger partial charge >= 0.3 is 0 Å². The molecule has 0 unspecified atom stereocenters. The zero-order valence-electron chi connectivity index (χ0n) is 17.6. The van der Waals surface area contributed by atoms with Gasteiger partial charge in [0.1, 0.15) is 0 Å². The molecule has 2 nitrogen and oxygen atoms in total. The summed E-state index contributed by atoms with van der Waals surface area (Å²) in [6, 6.07) is 32.8. The van der Waals surface area contributed by atoms with Gasteiger partial charge in [0.2, 0.25) is 0 Å². The quantitative estimate of drug-likeness (QED) is 0.383. The molecule has 0 aliphatic rings. The molecule has 0 aliphatic carbocycles. The van der Waals surface area contributed by atoms with Crippen LogP contribution >= 0.6 is 0 Å². The van der Waals surface area contributed by atoms with Crippen LogP contribution in [-0.4, -0.2) is 28.2 Å². The SMILES string of the molecule is CN(C)c1cccc2ccc(C(c3ccccc3)c3ccccc3)c(N(C)C)c12. The third-order valence-corrected chi connectivity index (χ3v) is 5.53. The first kappa shape index (κ1) is 19.1. The summed E-state index contributed by atoms with van der Waals surface area (Å²) in [6.45, 7) is 0. The Hall–Kier alpha value is -3.26. The predicted molar refractivity (Wildman–Crippen MR) is 126 cm³/mol. The number of hydrogen-bond donors (Lipinski definition) is 0. The molecule has 0 aliphatic heterocycles. The summed E-state index contributed by atoms with van der Waals surface area (Å²) in [7, 11) is 8.54. The van der Waals surface area contributed by atoms with E-state index in [1.165, 1.54) is 38.8 Å². The van der Waals surface area contributed by atoms with Crippen LogP contribution in [0.1, 0.15) is 22.6 Å². The summed E-state index contributed by atoms with van der Waals surface area (Å²) in [4.78, 5) is 4.47. The minimum Gasteiger partial charge on any atom is -0.377 e. The highest BCUT2D eigenvalue weighted by Crippen LogP contribution is 2.43. The molecule has 0 fully saturated rings. The van der Waals surface area contributed by atoms with Gasteiger partial charge in [-0.1, -0.05) is 84.9 Å². The van der Waals surface area contributed by atoms with E-state index >= 15 is 0 Å². The fraction of sp³-hybridized carbons (Fsp3) is 0.185. The van der Waals surface area contributed by atoms with Gasteiger partial charge in [0.15, 0.2) is 0 Å². The van der Waals surface area contributed by atoms with E-state index in [-0.39, 0.29) is 5.92 Å². The molecule has 0 N–H and O–H groups in total. The second-order valence-corrected chi connectivity index (χ2v) is 7.92. The first-order chi connectivity index (χ1) is 14.1. The van der Waals surface area contributed by atoms with Crippen molar-refractivity contribution in [3.8, 4) is 0 Å². The number of nitrogens with zero attached hydrogens (tertiary/aromatic N) is 2. The van der Waals surface area contributed by atoms with E-state index in [1.54, 1.807) is 0 Å². The van der Waals surface area contributed by atoms with E-state index < -0.39 is 0 Å². The lowest BCUT2D eigenvalue weighted by Crippen LogP contribution is -2.17. The van der Waals surface area contributed by atoms with Crippen LogP contribution in [-0.2, 0) is 0 Å². The number of fused-ring (bicyclic) bond motifs is 1. The Bertz CT molecular complexity index is 1060. The van der Waals surface area contributed by atoms with Gasteiger partial charge < -0.3 is 9.80 Å². The second-order valence-electron chi connectivity index (χ2n) is 7.92. The molecule has 0 bridgehead atoms. The molecule has 0 saturated carbocycles. The Balaban J connectivity index is 2.07. The Labute approximate surface area is 174 Å². The maximum absolute atomic E-state index is 2.31. The minimum atomic E-state index is 0.175. The zero-order chi connectivity index (χ0) is 20.4. The standard InChI is InChI=1S/C27H28N2/c1-28(2)24-17-11-16-22-18-19-23(27(26(22)24)29(3)4)25(20-12-7-5-8-13-20)21-14-9-6-10-15-21/h5-19,25H,1-4H3. The highest BCUT2D eigenvalue weighted by atomic mass is 15.1. The summed E-state index contributed by atoms with van der Waals surface area (Å²) in [5, 5.41) is 2.57. The molecule has 0 atom stereocenters. The third kappa shape index (κ3) is 3.58. The normalized spacial score (nSPS) is 11.1. The van der Waals surface area contributed by atoms with Gasteiger partial charge in [-0.15, -0.1) is 0 Å². The topological polar surface area (TPSA) is 6.48 Å². The lowest BCUT2D eigenvalue weighted by atomic mass is 9.82. The van der Waals surface area contributed by atoms with E-state index in [1.807, 2.05) is 0 Å². The summed E-state index contributed by atoms with van der Waals surface area (Å²) in [5.41, 5.74) is 6.47. The Morgan fingerprint density at radius 1 is 0.552 bits per heavy atom. The van der Waals surface area contributed by atoms with Gasteiger partial charge in [0, 0.05) is 45.2 Å². The summed E-state index contributed by atoms with van der Waals surface area (Å²) >= 11 is 0. The van der Waals surface area contributed by atoms with Crippen LogP contribution in [0, 0.1) is 0 Å². The van der Waals surface area contributed by atoms with Gasteiger partial charge in [-0.05, 0) is 28.1 Å². The van der Waals surface area contributed by atoms with Crippen molar-refractivity contribution in [3.63, 3.8) is 0 Å². The monoisotopic (exact) mass is 380 g/mol. The van der Waals surface area contributed by atoms with Crippen LogP contribution in [0.25, 0.3) is 10.8 Å². The summed E-state index contributed by atoms with van der Waals surface area (Å²) in [6.07, 6.45) is 0. The number of anilines is 2. The van der Waals surface area contributed by atoms with E-state index in [0.717, 1.165) is 0 Å². The smallest absolute Gasteiger partial charge is 0.0504 e. The van der Waals surface area contributed by atoms with Crippen molar-refractivity contribution < 1.29 is 0 Å². The van der Waals surface area contributed by atoms with Crippen molar-refractivity contribution in [1.82, 2.24) is 0 Å². The largest absolute Gasteiger partial charge is 0.377 e. The number of hydrogen-bond acceptors (Lipinski definition) is 2. The molecule has 0 amide bonds. The Morgan fingerprint density at radius 3 is 1.66 bits per heavy atom. The molecular weight excluding hydrogens is 352 g/mol. The van der Waals surface area contributed by atoms with Crippen molar-refractivity contribution in [3.05, 3.63) is 108 Å². The summed E-state index contributed by atoms with van der Waals surface area (Å²) < 4.78 is 0. The molecule has 2 heteroatoms. The number of rotatable bonds is 5. The molecule has 4 aromatic rings. The van der Waals surface area contributed by atoms with Crippen LogP contribution in [0.5, 0.6) is 0 Å². The Kier molecular flexibility index (Phi) is 5.26. The van der Waals surface area contributed by atoms with E-state index in [9.17, 15) is 0 Å². The zero-order valence-corrected chi connectivity index (χ0v) is 17.6. The molecule has 29 heavy (non-hydrogen) atoms. The van der Waals surface area contributed by atoms with E-state index in [0.29, 0.717) is 0 Å². The van der Waals surface area contributed by atoms with Crippen LogP contribution in [0.4, 0.5) is 11.4 Å². The fourth-order valence-corrected chi connectivity index (χ4v) is 4.29. The average molecular weight is 381 g/mol. The van der Waals surface area contributed by atoms with E-state index in [2.05, 4.69) is 129 Å². The lowest BCUT2D eigenvalue weighted by molar-refractivity contribution is 0.962. The van der Waals surface area contributed by atoms with Crippen molar-refractivity contribution in [1.29, 1.82) is 0 Å². The first-order valence-electron chi connectivity index (χ1n) is 10.1. The first-order valence-corrected chi connectivity index (χ1v) is 10.1. The molecular formula is C27H28N2.